The van der Waals surface area contributed by atoms with Crippen molar-refractivity contribution in [3.63, 3.8) is 0 Å². The summed E-state index contributed by atoms with van der Waals surface area (Å²) in [6.07, 6.45) is 7.32. The van der Waals surface area contributed by atoms with Crippen LogP contribution in [-0.2, 0) is 0 Å². The van der Waals surface area contributed by atoms with Gasteiger partial charge in [0.1, 0.15) is 0 Å². The van der Waals surface area contributed by atoms with Crippen molar-refractivity contribution in [1.82, 2.24) is 0 Å². The van der Waals surface area contributed by atoms with Crippen molar-refractivity contribution in [2.75, 3.05) is 0 Å². The standard InChI is InChI=1S/C23H28/c1-3-5-13-20(14-6-4-2)19-23(21-15-9-7-10-16-21)22-17-11-8-12-18-22/h7-12,15-18H,3-6,13-14H2,1-2H3. The highest BCUT2D eigenvalue weighted by molar-refractivity contribution is 5.79. The van der Waals surface area contributed by atoms with Gasteiger partial charge in [0.15, 0.2) is 0 Å². The lowest BCUT2D eigenvalue weighted by atomic mass is 9.95. The summed E-state index contributed by atoms with van der Waals surface area (Å²) in [7, 11) is 0. The molecule has 0 aliphatic heterocycles. The summed E-state index contributed by atoms with van der Waals surface area (Å²) >= 11 is 0. The molecule has 0 saturated carbocycles. The molecule has 2 aromatic rings. The second-order valence-corrected chi connectivity index (χ2v) is 6.04. The quantitative estimate of drug-likeness (QED) is 0.459. The fourth-order valence-electron chi connectivity index (χ4n) is 2.73. The lowest BCUT2D eigenvalue weighted by Crippen LogP contribution is -1.89. The minimum atomic E-state index is 1.17. The van der Waals surface area contributed by atoms with Crippen molar-refractivity contribution in [1.29, 1.82) is 0 Å². The zero-order valence-electron chi connectivity index (χ0n) is 14.5. The lowest BCUT2D eigenvalue weighted by molar-refractivity contribution is 0.714. The van der Waals surface area contributed by atoms with Gasteiger partial charge in [-0.05, 0) is 42.4 Å². The first kappa shape index (κ1) is 17.3. The zero-order chi connectivity index (χ0) is 16.3. The normalized spacial score (nSPS) is 10.2. The van der Waals surface area contributed by atoms with E-state index in [0.29, 0.717) is 0 Å². The number of hydrogen-bond donors (Lipinski definition) is 0. The van der Waals surface area contributed by atoms with E-state index in [0.717, 1.165) is 0 Å². The smallest absolute Gasteiger partial charge is 0.0309 e. The Bertz CT molecular complexity index is 577. The van der Waals surface area contributed by atoms with E-state index in [4.69, 9.17) is 0 Å². The topological polar surface area (TPSA) is 0 Å². The van der Waals surface area contributed by atoms with Crippen molar-refractivity contribution >= 4 is 5.57 Å². The molecule has 0 saturated heterocycles. The van der Waals surface area contributed by atoms with E-state index in [2.05, 4.69) is 80.2 Å². The van der Waals surface area contributed by atoms with Gasteiger partial charge in [0.2, 0.25) is 0 Å². The maximum Gasteiger partial charge on any atom is 0.0309 e. The van der Waals surface area contributed by atoms with Crippen LogP contribution in [0.4, 0.5) is 0 Å². The van der Waals surface area contributed by atoms with Crippen molar-refractivity contribution < 1.29 is 0 Å². The average Bonchev–Trinajstić information content (AvgIpc) is 2.62. The Morgan fingerprint density at radius 2 is 1.13 bits per heavy atom. The molecule has 2 aromatic carbocycles. The summed E-state index contributed by atoms with van der Waals surface area (Å²) < 4.78 is 0. The van der Waals surface area contributed by atoms with Crippen LogP contribution in [0.15, 0.2) is 72.0 Å². The first-order valence-electron chi connectivity index (χ1n) is 8.94. The minimum absolute atomic E-state index is 1.17. The molecule has 0 bridgehead atoms. The van der Waals surface area contributed by atoms with Crippen LogP contribution in [0.2, 0.25) is 0 Å². The minimum Gasteiger partial charge on any atom is -0.113 e. The summed E-state index contributed by atoms with van der Waals surface area (Å²) in [6.45, 7) is 4.52. The van der Waals surface area contributed by atoms with Crippen LogP contribution in [0.25, 0.3) is 5.57 Å². The number of rotatable bonds is 8. The number of benzene rings is 2. The van der Waals surface area contributed by atoms with Gasteiger partial charge < -0.3 is 0 Å². The molecule has 0 unspecified atom stereocenters. The Balaban J connectivity index is 2.50. The first-order chi connectivity index (χ1) is 11.3. The SMILES string of the molecule is CCCCC(=C=C(c1ccccc1)c1ccccc1)CCCC. The van der Waals surface area contributed by atoms with E-state index >= 15 is 0 Å². The molecule has 0 N–H and O–H groups in total. The van der Waals surface area contributed by atoms with E-state index in [-0.39, 0.29) is 0 Å². The van der Waals surface area contributed by atoms with E-state index in [1.807, 2.05) is 0 Å². The van der Waals surface area contributed by atoms with Crippen LogP contribution in [0, 0.1) is 0 Å². The molecule has 23 heavy (non-hydrogen) atoms. The molecule has 0 heteroatoms. The highest BCUT2D eigenvalue weighted by Gasteiger charge is 2.05. The highest BCUT2D eigenvalue weighted by Crippen LogP contribution is 2.24. The van der Waals surface area contributed by atoms with Gasteiger partial charge >= 0.3 is 0 Å². The second kappa shape index (κ2) is 9.87. The van der Waals surface area contributed by atoms with E-state index < -0.39 is 0 Å². The van der Waals surface area contributed by atoms with E-state index in [1.54, 1.807) is 0 Å². The fourth-order valence-corrected chi connectivity index (χ4v) is 2.73. The van der Waals surface area contributed by atoms with Crippen molar-refractivity contribution in [2.45, 2.75) is 52.4 Å². The van der Waals surface area contributed by atoms with Gasteiger partial charge in [-0.25, -0.2) is 0 Å². The number of allylic oxidation sites excluding steroid dienone is 1. The molecular weight excluding hydrogens is 276 g/mol. The van der Waals surface area contributed by atoms with Crippen LogP contribution in [0.5, 0.6) is 0 Å². The molecule has 0 amide bonds. The largest absolute Gasteiger partial charge is 0.113 e. The Morgan fingerprint density at radius 1 is 0.696 bits per heavy atom. The Kier molecular flexibility index (Phi) is 7.43. The van der Waals surface area contributed by atoms with Crippen molar-refractivity contribution in [3.8, 4) is 0 Å². The first-order valence-corrected chi connectivity index (χ1v) is 8.94. The Hall–Kier alpha value is -2.04. The molecule has 0 aliphatic rings. The zero-order valence-corrected chi connectivity index (χ0v) is 14.5. The van der Waals surface area contributed by atoms with Gasteiger partial charge in [0.05, 0.1) is 0 Å². The van der Waals surface area contributed by atoms with Crippen LogP contribution in [0.3, 0.4) is 0 Å². The molecule has 0 nitrogen and oxygen atoms in total. The fraction of sp³-hybridized carbons (Fsp3) is 0.348. The summed E-state index contributed by atoms with van der Waals surface area (Å²) in [4.78, 5) is 0. The van der Waals surface area contributed by atoms with Gasteiger partial charge in [0, 0.05) is 5.57 Å². The van der Waals surface area contributed by atoms with Crippen LogP contribution >= 0.6 is 0 Å². The third-order valence-corrected chi connectivity index (χ3v) is 4.09. The summed E-state index contributed by atoms with van der Waals surface area (Å²) in [5.74, 6) is 0. The highest BCUT2D eigenvalue weighted by atomic mass is 14.1. The Morgan fingerprint density at radius 3 is 1.52 bits per heavy atom. The van der Waals surface area contributed by atoms with Crippen molar-refractivity contribution in [3.05, 3.63) is 83.1 Å². The molecule has 0 fully saturated rings. The van der Waals surface area contributed by atoms with E-state index in [9.17, 15) is 0 Å². The molecule has 0 radical (unpaired) electrons. The van der Waals surface area contributed by atoms with Crippen LogP contribution in [-0.4, -0.2) is 0 Å². The van der Waals surface area contributed by atoms with Crippen LogP contribution in [0.1, 0.15) is 63.5 Å². The van der Waals surface area contributed by atoms with Gasteiger partial charge in [0.25, 0.3) is 0 Å². The molecule has 0 aromatic heterocycles. The van der Waals surface area contributed by atoms with Gasteiger partial charge in [-0.15, -0.1) is 5.73 Å². The molecule has 0 aliphatic carbocycles. The molecular formula is C23H28. The monoisotopic (exact) mass is 304 g/mol. The Labute approximate surface area is 141 Å². The number of hydrogen-bond acceptors (Lipinski definition) is 0. The third kappa shape index (κ3) is 5.58. The predicted molar refractivity (Wildman–Crippen MR) is 101 cm³/mol. The summed E-state index contributed by atoms with van der Waals surface area (Å²) in [6, 6.07) is 21.3. The van der Waals surface area contributed by atoms with Gasteiger partial charge in [-0.3, -0.25) is 0 Å². The molecule has 0 heterocycles. The lowest BCUT2D eigenvalue weighted by Gasteiger charge is -2.08. The summed E-state index contributed by atoms with van der Waals surface area (Å²) in [5, 5.41) is 0. The second-order valence-electron chi connectivity index (χ2n) is 6.04. The van der Waals surface area contributed by atoms with Gasteiger partial charge in [-0.2, -0.15) is 0 Å². The number of unbranched alkanes of at least 4 members (excludes halogenated alkanes) is 2. The molecule has 2 rings (SSSR count). The van der Waals surface area contributed by atoms with Gasteiger partial charge in [-0.1, -0.05) is 87.4 Å². The average molecular weight is 304 g/mol. The predicted octanol–water partition coefficient (Wildman–Crippen LogP) is 7.02. The van der Waals surface area contributed by atoms with Crippen LogP contribution < -0.4 is 0 Å². The summed E-state index contributed by atoms with van der Waals surface area (Å²) in [5.41, 5.74) is 9.00. The van der Waals surface area contributed by atoms with E-state index in [1.165, 1.54) is 60.8 Å². The maximum atomic E-state index is 3.79. The molecule has 120 valence electrons. The molecule has 0 atom stereocenters. The third-order valence-electron chi connectivity index (χ3n) is 4.09. The van der Waals surface area contributed by atoms with Crippen molar-refractivity contribution in [2.24, 2.45) is 0 Å². The molecule has 0 spiro atoms. The maximum absolute atomic E-state index is 3.79.